The van der Waals surface area contributed by atoms with Gasteiger partial charge in [-0.15, -0.1) is 0 Å². The van der Waals surface area contributed by atoms with Crippen molar-refractivity contribution in [1.29, 1.82) is 0 Å². The molecule has 1 aromatic carbocycles. The van der Waals surface area contributed by atoms with E-state index in [0.717, 1.165) is 26.6 Å². The van der Waals surface area contributed by atoms with Crippen LogP contribution in [-0.4, -0.2) is 24.9 Å². The molecule has 122 valence electrons. The maximum Gasteiger partial charge on any atom is 0.192 e. The lowest BCUT2D eigenvalue weighted by atomic mass is 9.72. The number of benzene rings is 1. The van der Waals surface area contributed by atoms with Crippen LogP contribution in [0.15, 0.2) is 48.7 Å². The van der Waals surface area contributed by atoms with Crippen molar-refractivity contribution in [2.75, 3.05) is 13.7 Å². The van der Waals surface area contributed by atoms with Gasteiger partial charge in [0, 0.05) is 37.8 Å². The molecule has 3 heteroatoms. The van der Waals surface area contributed by atoms with E-state index in [4.69, 9.17) is 9.84 Å². The molecular formula is C20H26NO2+. The Balaban J connectivity index is 0.000000753. The Morgan fingerprint density at radius 3 is 2.61 bits per heavy atom. The molecule has 23 heavy (non-hydrogen) atoms. The quantitative estimate of drug-likeness (QED) is 0.695. The highest BCUT2D eigenvalue weighted by molar-refractivity contribution is 5.42. The first-order valence-electron chi connectivity index (χ1n) is 8.55. The summed E-state index contributed by atoms with van der Waals surface area (Å²) < 4.78 is 8.71. The fourth-order valence-corrected chi connectivity index (χ4v) is 3.95. The minimum atomic E-state index is 0.332. The van der Waals surface area contributed by atoms with Crippen LogP contribution in [0.3, 0.4) is 0 Å². The summed E-state index contributed by atoms with van der Waals surface area (Å²) in [7, 11) is 1.00. The summed E-state index contributed by atoms with van der Waals surface area (Å²) >= 11 is 0. The predicted molar refractivity (Wildman–Crippen MR) is 90.5 cm³/mol. The Bertz CT molecular complexity index is 608. The molecule has 1 N–H and O–H groups in total. The van der Waals surface area contributed by atoms with Gasteiger partial charge in [0.25, 0.3) is 0 Å². The van der Waals surface area contributed by atoms with Gasteiger partial charge in [-0.1, -0.05) is 43.7 Å². The second kappa shape index (κ2) is 7.24. The number of nitrogens with zero attached hydrogens (tertiary/aromatic N) is 1. The van der Waals surface area contributed by atoms with Crippen LogP contribution in [0.25, 0.3) is 0 Å². The molecule has 0 radical (unpaired) electrons. The SMILES string of the molecule is CCCCOC1CC2c3ccccc3C1c1cccc[n+]12.CO. The number of ether oxygens (including phenoxy) is 1. The number of unbranched alkanes of at least 4 members (excludes halogenated alkanes) is 1. The molecule has 0 spiro atoms. The smallest absolute Gasteiger partial charge is 0.192 e. The van der Waals surface area contributed by atoms with Gasteiger partial charge in [0.1, 0.15) is 0 Å². The molecular weight excluding hydrogens is 286 g/mol. The summed E-state index contributed by atoms with van der Waals surface area (Å²) in [4.78, 5) is 0. The Morgan fingerprint density at radius 2 is 1.83 bits per heavy atom. The number of hydrogen-bond acceptors (Lipinski definition) is 2. The van der Waals surface area contributed by atoms with Crippen LogP contribution in [0.2, 0.25) is 0 Å². The van der Waals surface area contributed by atoms with Crippen molar-refractivity contribution in [2.24, 2.45) is 0 Å². The molecule has 2 aliphatic heterocycles. The average Bonchev–Trinajstić information content (AvgIpc) is 2.64. The number of aromatic nitrogens is 1. The molecule has 3 unspecified atom stereocenters. The third-order valence-electron chi connectivity index (χ3n) is 4.92. The first kappa shape index (κ1) is 16.2. The molecule has 3 heterocycles. The zero-order valence-corrected chi connectivity index (χ0v) is 14.0. The molecule has 3 atom stereocenters. The van der Waals surface area contributed by atoms with Gasteiger partial charge in [-0.25, -0.2) is 0 Å². The Morgan fingerprint density at radius 1 is 1.09 bits per heavy atom. The number of rotatable bonds is 4. The Kier molecular flexibility index (Phi) is 5.09. The van der Waals surface area contributed by atoms with Gasteiger partial charge in [0.2, 0.25) is 0 Å². The first-order valence-corrected chi connectivity index (χ1v) is 8.55. The van der Waals surface area contributed by atoms with Crippen molar-refractivity contribution in [3.8, 4) is 0 Å². The topological polar surface area (TPSA) is 33.3 Å². The monoisotopic (exact) mass is 312 g/mol. The molecule has 2 bridgehead atoms. The zero-order valence-electron chi connectivity index (χ0n) is 14.0. The molecule has 3 nitrogen and oxygen atoms in total. The van der Waals surface area contributed by atoms with E-state index in [2.05, 4.69) is 60.2 Å². The first-order chi connectivity index (χ1) is 11.4. The van der Waals surface area contributed by atoms with Crippen LogP contribution in [0, 0.1) is 0 Å². The van der Waals surface area contributed by atoms with Crippen molar-refractivity contribution in [3.63, 3.8) is 0 Å². The van der Waals surface area contributed by atoms with Gasteiger partial charge in [0.15, 0.2) is 17.9 Å². The van der Waals surface area contributed by atoms with E-state index in [9.17, 15) is 0 Å². The molecule has 1 aromatic heterocycles. The predicted octanol–water partition coefficient (Wildman–Crippen LogP) is 3.21. The minimum absolute atomic E-state index is 0.332. The molecule has 3 aliphatic rings. The van der Waals surface area contributed by atoms with Crippen LogP contribution in [-0.2, 0) is 4.74 Å². The van der Waals surface area contributed by atoms with Crippen molar-refractivity contribution in [2.45, 2.75) is 44.2 Å². The third kappa shape index (κ3) is 2.79. The maximum absolute atomic E-state index is 7.00. The van der Waals surface area contributed by atoms with Crippen LogP contribution < -0.4 is 4.57 Å². The average molecular weight is 312 g/mol. The van der Waals surface area contributed by atoms with Crippen LogP contribution in [0.5, 0.6) is 0 Å². The van der Waals surface area contributed by atoms with Gasteiger partial charge in [0.05, 0.1) is 12.0 Å². The second-order valence-electron chi connectivity index (χ2n) is 6.15. The molecule has 0 saturated heterocycles. The van der Waals surface area contributed by atoms with E-state index in [1.165, 1.54) is 23.2 Å². The highest BCUT2D eigenvalue weighted by Gasteiger charge is 2.49. The van der Waals surface area contributed by atoms with Crippen molar-refractivity contribution in [1.82, 2.24) is 0 Å². The molecule has 0 saturated carbocycles. The largest absolute Gasteiger partial charge is 0.400 e. The van der Waals surface area contributed by atoms with E-state index in [1.807, 2.05) is 0 Å². The molecule has 5 rings (SSSR count). The lowest BCUT2D eigenvalue weighted by Crippen LogP contribution is -2.56. The Hall–Kier alpha value is -1.71. The van der Waals surface area contributed by atoms with Crippen LogP contribution >= 0.6 is 0 Å². The van der Waals surface area contributed by atoms with Gasteiger partial charge < -0.3 is 9.84 Å². The minimum Gasteiger partial charge on any atom is -0.400 e. The van der Waals surface area contributed by atoms with Gasteiger partial charge in [-0.3, -0.25) is 0 Å². The van der Waals surface area contributed by atoms with E-state index >= 15 is 0 Å². The van der Waals surface area contributed by atoms with Crippen molar-refractivity contribution in [3.05, 3.63) is 65.5 Å². The fourth-order valence-electron chi connectivity index (χ4n) is 3.95. The molecule has 0 fully saturated rings. The summed E-state index contributed by atoms with van der Waals surface area (Å²) in [6, 6.07) is 15.9. The normalized spacial score (nSPS) is 23.5. The van der Waals surface area contributed by atoms with Crippen molar-refractivity contribution >= 4 is 0 Å². The van der Waals surface area contributed by atoms with E-state index in [1.54, 1.807) is 0 Å². The summed E-state index contributed by atoms with van der Waals surface area (Å²) in [6.07, 6.45) is 6.02. The van der Waals surface area contributed by atoms with E-state index < -0.39 is 0 Å². The zero-order chi connectivity index (χ0) is 16.2. The van der Waals surface area contributed by atoms with Gasteiger partial charge in [-0.05, 0) is 12.0 Å². The number of fused-ring (bicyclic) bond motifs is 1. The highest BCUT2D eigenvalue weighted by Crippen LogP contribution is 2.45. The fraction of sp³-hybridized carbons (Fsp3) is 0.450. The highest BCUT2D eigenvalue weighted by atomic mass is 16.5. The molecule has 2 aromatic rings. The third-order valence-corrected chi connectivity index (χ3v) is 4.92. The number of hydrogen-bond donors (Lipinski definition) is 1. The number of aliphatic hydroxyl groups is 1. The van der Waals surface area contributed by atoms with Gasteiger partial charge in [-0.2, -0.15) is 4.57 Å². The maximum atomic E-state index is 7.00. The molecule has 1 aliphatic carbocycles. The lowest BCUT2D eigenvalue weighted by Gasteiger charge is -2.40. The summed E-state index contributed by atoms with van der Waals surface area (Å²) in [5, 5.41) is 7.00. The van der Waals surface area contributed by atoms with Gasteiger partial charge >= 0.3 is 0 Å². The number of pyridine rings is 1. The van der Waals surface area contributed by atoms with E-state index in [-0.39, 0.29) is 0 Å². The van der Waals surface area contributed by atoms with Crippen LogP contribution in [0.4, 0.5) is 0 Å². The number of aliphatic hydroxyl groups excluding tert-OH is 1. The summed E-state index contributed by atoms with van der Waals surface area (Å²) in [5.74, 6) is 0.393. The molecule has 0 amide bonds. The second-order valence-corrected chi connectivity index (χ2v) is 6.15. The van der Waals surface area contributed by atoms with E-state index in [0.29, 0.717) is 18.1 Å². The lowest BCUT2D eigenvalue weighted by molar-refractivity contribution is -0.732. The van der Waals surface area contributed by atoms with Crippen molar-refractivity contribution < 1.29 is 14.4 Å². The Labute approximate surface area is 138 Å². The summed E-state index contributed by atoms with van der Waals surface area (Å²) in [6.45, 7) is 3.11. The summed E-state index contributed by atoms with van der Waals surface area (Å²) in [5.41, 5.74) is 4.37. The standard InChI is InChI=1S/C19H22NO.CH4O/c1-2-3-12-21-18-13-17-14-8-4-5-9-15(14)19(18)16-10-6-7-11-20(16)17;1-2/h4-11,17-19H,2-3,12-13H2,1H3;2H,1H3/q+1;. The van der Waals surface area contributed by atoms with Crippen LogP contribution in [0.1, 0.15) is 55.0 Å².